The van der Waals surface area contributed by atoms with E-state index in [9.17, 15) is 9.18 Å². The van der Waals surface area contributed by atoms with Crippen molar-refractivity contribution in [2.75, 3.05) is 7.11 Å². The Morgan fingerprint density at radius 3 is 2.75 bits per heavy atom. The number of hydrogen-bond acceptors (Lipinski definition) is 3. The van der Waals surface area contributed by atoms with Gasteiger partial charge in [0, 0.05) is 22.2 Å². The summed E-state index contributed by atoms with van der Waals surface area (Å²) >= 11 is 3.41. The predicted molar refractivity (Wildman–Crippen MR) is 93.7 cm³/mol. The average Bonchev–Trinajstić information content (AvgIpc) is 2.57. The molecular formula is C18H14BrFN2O2. The second kappa shape index (κ2) is 6.97. The molecular weight excluding hydrogens is 375 g/mol. The Kier molecular flexibility index (Phi) is 4.76. The molecule has 24 heavy (non-hydrogen) atoms. The number of hydrogen-bond donors (Lipinski definition) is 0. The average molecular weight is 389 g/mol. The predicted octanol–water partition coefficient (Wildman–Crippen LogP) is 3.87. The van der Waals surface area contributed by atoms with Gasteiger partial charge in [-0.1, -0.05) is 28.1 Å². The van der Waals surface area contributed by atoms with Crippen molar-refractivity contribution in [2.24, 2.45) is 0 Å². The third-order valence-electron chi connectivity index (χ3n) is 3.53. The van der Waals surface area contributed by atoms with E-state index in [1.54, 1.807) is 12.1 Å². The van der Waals surface area contributed by atoms with Crippen molar-refractivity contribution < 1.29 is 9.13 Å². The summed E-state index contributed by atoms with van der Waals surface area (Å²) in [6.45, 7) is 0.343. The standard InChI is InChI=1S/C18H14BrFN2O2/c1-24-17-10-14(20)5-6-15(17)16-7-8-18(23)22(21-16)11-12-3-2-4-13(19)9-12/h2-10H,11H2,1H3. The third-order valence-corrected chi connectivity index (χ3v) is 4.02. The van der Waals surface area contributed by atoms with E-state index >= 15 is 0 Å². The molecule has 0 unspecified atom stereocenters. The number of nitrogens with zero attached hydrogens (tertiary/aromatic N) is 2. The number of benzene rings is 2. The molecule has 122 valence electrons. The number of halogens is 2. The van der Waals surface area contributed by atoms with Gasteiger partial charge in [0.25, 0.3) is 5.56 Å². The first-order valence-corrected chi connectivity index (χ1v) is 8.02. The Balaban J connectivity index is 2.02. The molecule has 0 aliphatic rings. The van der Waals surface area contributed by atoms with Crippen LogP contribution in [-0.2, 0) is 6.54 Å². The Bertz CT molecular complexity index is 940. The van der Waals surface area contributed by atoms with Crippen LogP contribution in [0.15, 0.2) is 63.9 Å². The molecule has 0 bridgehead atoms. The van der Waals surface area contributed by atoms with Crippen LogP contribution >= 0.6 is 15.9 Å². The summed E-state index contributed by atoms with van der Waals surface area (Å²) in [5, 5.41) is 4.39. The lowest BCUT2D eigenvalue weighted by atomic mass is 10.1. The molecule has 0 saturated carbocycles. The maximum Gasteiger partial charge on any atom is 0.267 e. The van der Waals surface area contributed by atoms with Gasteiger partial charge in [-0.3, -0.25) is 4.79 Å². The zero-order chi connectivity index (χ0) is 17.1. The molecule has 0 fully saturated rings. The van der Waals surface area contributed by atoms with Crippen LogP contribution in [0, 0.1) is 5.82 Å². The molecule has 6 heteroatoms. The first kappa shape index (κ1) is 16.4. The summed E-state index contributed by atoms with van der Waals surface area (Å²) in [7, 11) is 1.47. The summed E-state index contributed by atoms with van der Waals surface area (Å²) in [5.41, 5.74) is 1.91. The van der Waals surface area contributed by atoms with Crippen molar-refractivity contribution in [1.82, 2.24) is 9.78 Å². The number of rotatable bonds is 4. The van der Waals surface area contributed by atoms with E-state index < -0.39 is 5.82 Å². The van der Waals surface area contributed by atoms with Crippen LogP contribution in [0.4, 0.5) is 4.39 Å². The second-order valence-corrected chi connectivity index (χ2v) is 6.10. The Hall–Kier alpha value is -2.47. The van der Waals surface area contributed by atoms with Crippen LogP contribution in [0.5, 0.6) is 5.75 Å². The highest BCUT2D eigenvalue weighted by Crippen LogP contribution is 2.28. The Labute approximate surface area is 146 Å². The fourth-order valence-electron chi connectivity index (χ4n) is 2.39. The number of aromatic nitrogens is 2. The van der Waals surface area contributed by atoms with E-state index in [0.717, 1.165) is 10.0 Å². The van der Waals surface area contributed by atoms with Crippen molar-refractivity contribution in [3.05, 3.63) is 80.8 Å². The molecule has 2 aromatic carbocycles. The third kappa shape index (κ3) is 3.54. The first-order valence-electron chi connectivity index (χ1n) is 7.23. The number of methoxy groups -OCH3 is 1. The lowest BCUT2D eigenvalue weighted by molar-refractivity contribution is 0.412. The minimum atomic E-state index is -0.391. The van der Waals surface area contributed by atoms with Crippen molar-refractivity contribution in [3.8, 4) is 17.0 Å². The van der Waals surface area contributed by atoms with Gasteiger partial charge in [0.05, 0.1) is 19.3 Å². The van der Waals surface area contributed by atoms with Gasteiger partial charge in [-0.2, -0.15) is 5.10 Å². The first-order chi connectivity index (χ1) is 11.6. The van der Waals surface area contributed by atoms with Gasteiger partial charge in [0.15, 0.2) is 0 Å². The smallest absolute Gasteiger partial charge is 0.267 e. The van der Waals surface area contributed by atoms with Gasteiger partial charge in [0.2, 0.25) is 0 Å². The fourth-order valence-corrected chi connectivity index (χ4v) is 2.84. The van der Waals surface area contributed by atoms with Gasteiger partial charge < -0.3 is 4.74 Å². The van der Waals surface area contributed by atoms with Crippen LogP contribution in [0.3, 0.4) is 0 Å². The van der Waals surface area contributed by atoms with Crippen LogP contribution in [0.25, 0.3) is 11.3 Å². The van der Waals surface area contributed by atoms with E-state index in [-0.39, 0.29) is 5.56 Å². The minimum Gasteiger partial charge on any atom is -0.496 e. The maximum absolute atomic E-state index is 13.4. The molecule has 1 aromatic heterocycles. The molecule has 0 spiro atoms. The largest absolute Gasteiger partial charge is 0.496 e. The van der Waals surface area contributed by atoms with Crippen molar-refractivity contribution in [3.63, 3.8) is 0 Å². The quantitative estimate of drug-likeness (QED) is 0.681. The molecule has 0 radical (unpaired) electrons. The monoisotopic (exact) mass is 388 g/mol. The Morgan fingerprint density at radius 2 is 2.00 bits per heavy atom. The summed E-state index contributed by atoms with van der Waals surface area (Å²) in [6, 6.07) is 14.9. The summed E-state index contributed by atoms with van der Waals surface area (Å²) in [6.07, 6.45) is 0. The molecule has 0 aliphatic heterocycles. The molecule has 0 N–H and O–H groups in total. The van der Waals surface area contributed by atoms with E-state index in [0.29, 0.717) is 23.6 Å². The van der Waals surface area contributed by atoms with Gasteiger partial charge in [-0.25, -0.2) is 9.07 Å². The van der Waals surface area contributed by atoms with E-state index in [1.807, 2.05) is 24.3 Å². The van der Waals surface area contributed by atoms with Gasteiger partial charge in [-0.15, -0.1) is 0 Å². The zero-order valence-electron chi connectivity index (χ0n) is 12.9. The van der Waals surface area contributed by atoms with Crippen molar-refractivity contribution >= 4 is 15.9 Å². The number of ether oxygens (including phenoxy) is 1. The molecule has 3 aromatic rings. The van der Waals surface area contributed by atoms with E-state index in [1.165, 1.54) is 30.0 Å². The van der Waals surface area contributed by atoms with Gasteiger partial charge in [0.1, 0.15) is 11.6 Å². The van der Waals surface area contributed by atoms with Crippen molar-refractivity contribution in [1.29, 1.82) is 0 Å². The highest BCUT2D eigenvalue weighted by atomic mass is 79.9. The summed E-state index contributed by atoms with van der Waals surface area (Å²) < 4.78 is 20.9. The molecule has 4 nitrogen and oxygen atoms in total. The molecule has 0 aliphatic carbocycles. The normalized spacial score (nSPS) is 10.6. The van der Waals surface area contributed by atoms with Gasteiger partial charge >= 0.3 is 0 Å². The van der Waals surface area contributed by atoms with Crippen LogP contribution < -0.4 is 10.3 Å². The minimum absolute atomic E-state index is 0.209. The summed E-state index contributed by atoms with van der Waals surface area (Å²) in [4.78, 5) is 12.1. The fraction of sp³-hybridized carbons (Fsp3) is 0.111. The van der Waals surface area contributed by atoms with Crippen molar-refractivity contribution in [2.45, 2.75) is 6.54 Å². The van der Waals surface area contributed by atoms with Crippen LogP contribution in [-0.4, -0.2) is 16.9 Å². The lowest BCUT2D eigenvalue weighted by Crippen LogP contribution is -2.22. The van der Waals surface area contributed by atoms with E-state index in [2.05, 4.69) is 21.0 Å². The molecule has 0 atom stereocenters. The highest BCUT2D eigenvalue weighted by Gasteiger charge is 2.10. The van der Waals surface area contributed by atoms with Gasteiger partial charge in [-0.05, 0) is 35.9 Å². The van der Waals surface area contributed by atoms with Crippen LogP contribution in [0.1, 0.15) is 5.56 Å². The summed E-state index contributed by atoms with van der Waals surface area (Å²) in [5.74, 6) is -0.0202. The molecule has 0 amide bonds. The second-order valence-electron chi connectivity index (χ2n) is 5.19. The molecule has 0 saturated heterocycles. The maximum atomic E-state index is 13.4. The molecule has 1 heterocycles. The topological polar surface area (TPSA) is 44.1 Å². The van der Waals surface area contributed by atoms with E-state index in [4.69, 9.17) is 4.74 Å². The highest BCUT2D eigenvalue weighted by molar-refractivity contribution is 9.10. The Morgan fingerprint density at radius 1 is 1.17 bits per heavy atom. The SMILES string of the molecule is COc1cc(F)ccc1-c1ccc(=O)n(Cc2cccc(Br)c2)n1. The van der Waals surface area contributed by atoms with Crippen LogP contribution in [0.2, 0.25) is 0 Å². The molecule has 3 rings (SSSR count). The zero-order valence-corrected chi connectivity index (χ0v) is 14.5. The lowest BCUT2D eigenvalue weighted by Gasteiger charge is -2.10.